The van der Waals surface area contributed by atoms with Crippen molar-refractivity contribution in [3.8, 4) is 11.4 Å². The monoisotopic (exact) mass is 464 g/mol. The van der Waals surface area contributed by atoms with Gasteiger partial charge in [-0.1, -0.05) is 50.2 Å². The summed E-state index contributed by atoms with van der Waals surface area (Å²) in [5.74, 6) is 0.974. The van der Waals surface area contributed by atoms with Crippen molar-refractivity contribution in [3.63, 3.8) is 0 Å². The Bertz CT molecular complexity index is 1130. The van der Waals surface area contributed by atoms with E-state index in [9.17, 15) is 10.2 Å². The first-order valence-electron chi connectivity index (χ1n) is 12.1. The van der Waals surface area contributed by atoms with Crippen LogP contribution in [0.5, 0.6) is 0 Å². The van der Waals surface area contributed by atoms with Crippen LogP contribution in [0, 0.1) is 5.41 Å². The maximum Gasteiger partial charge on any atom is 0.258 e. The van der Waals surface area contributed by atoms with Gasteiger partial charge < -0.3 is 19.6 Å². The molecule has 0 aliphatic carbocycles. The third-order valence-electron chi connectivity index (χ3n) is 7.26. The van der Waals surface area contributed by atoms with Crippen LogP contribution in [-0.4, -0.2) is 50.4 Å². The molecule has 0 amide bonds. The molecule has 4 rings (SSSR count). The molecule has 3 heterocycles. The van der Waals surface area contributed by atoms with Gasteiger partial charge in [-0.15, -0.1) is 0 Å². The Kier molecular flexibility index (Phi) is 6.40. The molecule has 1 atom stereocenters. The van der Waals surface area contributed by atoms with Gasteiger partial charge in [0.2, 0.25) is 5.82 Å². The van der Waals surface area contributed by atoms with Crippen LogP contribution in [0.3, 0.4) is 0 Å². The van der Waals surface area contributed by atoms with Crippen LogP contribution in [0.15, 0.2) is 47.2 Å². The zero-order chi connectivity index (χ0) is 24.7. The third kappa shape index (κ3) is 4.17. The Morgan fingerprint density at radius 3 is 2.24 bits per heavy atom. The highest BCUT2D eigenvalue weighted by atomic mass is 16.5. The van der Waals surface area contributed by atoms with Gasteiger partial charge in [-0.25, -0.2) is 0 Å². The number of hydrogen-bond acceptors (Lipinski definition) is 7. The number of aromatic nitrogens is 3. The van der Waals surface area contributed by atoms with Gasteiger partial charge in [-0.05, 0) is 56.8 Å². The van der Waals surface area contributed by atoms with Gasteiger partial charge in [0.1, 0.15) is 11.2 Å². The molecule has 7 nitrogen and oxygen atoms in total. The van der Waals surface area contributed by atoms with E-state index in [1.165, 1.54) is 5.56 Å². The zero-order valence-corrected chi connectivity index (χ0v) is 21.0. The average molecular weight is 465 g/mol. The van der Waals surface area contributed by atoms with Crippen molar-refractivity contribution < 1.29 is 14.7 Å². The fraction of sp³-hybridized carbons (Fsp3) is 0.519. The predicted octanol–water partition coefficient (Wildman–Crippen LogP) is 4.45. The van der Waals surface area contributed by atoms with Crippen LogP contribution in [0.4, 0.5) is 0 Å². The second kappa shape index (κ2) is 8.87. The summed E-state index contributed by atoms with van der Waals surface area (Å²) in [6, 6.07) is 10.3. The minimum Gasteiger partial charge on any atom is -0.381 e. The van der Waals surface area contributed by atoms with E-state index in [0.29, 0.717) is 22.9 Å². The van der Waals surface area contributed by atoms with Crippen LogP contribution < -0.4 is 0 Å². The van der Waals surface area contributed by atoms with E-state index in [1.54, 1.807) is 26.2 Å². The van der Waals surface area contributed by atoms with Crippen molar-refractivity contribution in [1.29, 1.82) is 0 Å². The molecule has 1 fully saturated rings. The first-order valence-corrected chi connectivity index (χ1v) is 12.1. The molecular formula is C27H36N4O3. The molecule has 1 aliphatic rings. The molecule has 3 aromatic rings. The quantitative estimate of drug-likeness (QED) is 0.508. The number of likely N-dealkylation sites (tertiary alicyclic amines) is 1. The largest absolute Gasteiger partial charge is 0.381 e. The van der Waals surface area contributed by atoms with Crippen LogP contribution in [0.2, 0.25) is 0 Å². The minimum absolute atomic E-state index is 0.132. The Morgan fingerprint density at radius 2 is 1.71 bits per heavy atom. The normalized spacial score (nSPS) is 18.0. The van der Waals surface area contributed by atoms with E-state index in [4.69, 9.17) is 4.52 Å². The Hall–Kier alpha value is -2.61. The summed E-state index contributed by atoms with van der Waals surface area (Å²) in [5, 5.41) is 26.7. The van der Waals surface area contributed by atoms with Crippen LogP contribution >= 0.6 is 0 Å². The van der Waals surface area contributed by atoms with Crippen molar-refractivity contribution in [2.24, 2.45) is 5.41 Å². The number of aliphatic hydroxyl groups is 2. The summed E-state index contributed by atoms with van der Waals surface area (Å²) in [7, 11) is 2.06. The lowest BCUT2D eigenvalue weighted by Gasteiger charge is -2.55. The van der Waals surface area contributed by atoms with E-state index < -0.39 is 16.6 Å². The number of hydrogen-bond donors (Lipinski definition) is 2. The zero-order valence-electron chi connectivity index (χ0n) is 21.0. The lowest BCUT2D eigenvalue weighted by molar-refractivity contribution is -0.127. The summed E-state index contributed by atoms with van der Waals surface area (Å²) in [6.45, 7) is 11.2. The SMILES string of the molecule is CCC(CC)c1ccc(C(O)(c2cncc(-c3noc(C(C)(C)O)n3)c2)C2(C)CN(C)C2)cc1. The Labute approximate surface area is 201 Å². The molecule has 0 saturated carbocycles. The highest BCUT2D eigenvalue weighted by Crippen LogP contribution is 2.50. The van der Waals surface area contributed by atoms with Crippen molar-refractivity contribution in [2.75, 3.05) is 20.1 Å². The lowest BCUT2D eigenvalue weighted by Crippen LogP contribution is -2.63. The topological polar surface area (TPSA) is 95.5 Å². The molecule has 0 spiro atoms. The fourth-order valence-corrected chi connectivity index (χ4v) is 5.34. The summed E-state index contributed by atoms with van der Waals surface area (Å²) in [4.78, 5) is 11.0. The molecule has 0 bridgehead atoms. The number of rotatable bonds is 8. The molecule has 1 aliphatic heterocycles. The van der Waals surface area contributed by atoms with Gasteiger partial charge in [0, 0.05) is 42.0 Å². The second-order valence-electron chi connectivity index (χ2n) is 10.5. The molecule has 34 heavy (non-hydrogen) atoms. The van der Waals surface area contributed by atoms with Gasteiger partial charge in [0.15, 0.2) is 0 Å². The van der Waals surface area contributed by atoms with Crippen molar-refractivity contribution in [2.45, 2.75) is 64.6 Å². The van der Waals surface area contributed by atoms with Crippen LogP contribution in [0.25, 0.3) is 11.4 Å². The van der Waals surface area contributed by atoms with Crippen molar-refractivity contribution in [1.82, 2.24) is 20.0 Å². The standard InChI is InChI=1S/C27H36N4O3/c1-7-18(8-2)19-9-11-21(12-10-19)27(33,26(5)16-31(6)17-26)22-13-20(14-28-15-22)23-29-24(34-30-23)25(3,4)32/h9-15,18,32-33H,7-8,16-17H2,1-6H3. The van der Waals surface area contributed by atoms with Gasteiger partial charge in [0.25, 0.3) is 5.89 Å². The van der Waals surface area contributed by atoms with E-state index in [-0.39, 0.29) is 5.89 Å². The number of benzene rings is 1. The first-order chi connectivity index (χ1) is 16.0. The highest BCUT2D eigenvalue weighted by Gasteiger charge is 2.55. The van der Waals surface area contributed by atoms with Crippen molar-refractivity contribution >= 4 is 0 Å². The van der Waals surface area contributed by atoms with Crippen molar-refractivity contribution in [3.05, 3.63) is 65.3 Å². The molecule has 1 unspecified atom stereocenters. The lowest BCUT2D eigenvalue weighted by atomic mass is 9.62. The molecule has 2 N–H and O–H groups in total. The van der Waals surface area contributed by atoms with Gasteiger partial charge >= 0.3 is 0 Å². The summed E-state index contributed by atoms with van der Waals surface area (Å²) >= 11 is 0. The minimum atomic E-state index is -1.25. The van der Waals surface area contributed by atoms with Crippen LogP contribution in [-0.2, 0) is 11.2 Å². The molecule has 1 aromatic carbocycles. The number of nitrogens with zero attached hydrogens (tertiary/aromatic N) is 4. The predicted molar refractivity (Wildman–Crippen MR) is 131 cm³/mol. The number of pyridine rings is 1. The average Bonchev–Trinajstić information content (AvgIpc) is 3.30. The molecule has 7 heteroatoms. The molecule has 2 aromatic heterocycles. The molecular weight excluding hydrogens is 428 g/mol. The second-order valence-corrected chi connectivity index (χ2v) is 10.5. The highest BCUT2D eigenvalue weighted by molar-refractivity contribution is 5.56. The van der Waals surface area contributed by atoms with E-state index in [2.05, 4.69) is 72.1 Å². The van der Waals surface area contributed by atoms with Gasteiger partial charge in [-0.3, -0.25) is 4.98 Å². The van der Waals surface area contributed by atoms with Crippen LogP contribution in [0.1, 0.15) is 76.0 Å². The summed E-state index contributed by atoms with van der Waals surface area (Å²) in [5.41, 5.74) is 0.570. The van der Waals surface area contributed by atoms with Gasteiger partial charge in [0.05, 0.1) is 0 Å². The maximum atomic E-state index is 12.4. The van der Waals surface area contributed by atoms with E-state index in [1.807, 2.05) is 6.07 Å². The summed E-state index contributed by atoms with van der Waals surface area (Å²) < 4.78 is 5.26. The maximum absolute atomic E-state index is 12.4. The third-order valence-corrected chi connectivity index (χ3v) is 7.26. The summed E-state index contributed by atoms with van der Waals surface area (Å²) in [6.07, 6.45) is 5.55. The molecule has 182 valence electrons. The smallest absolute Gasteiger partial charge is 0.258 e. The first kappa shape index (κ1) is 24.5. The van der Waals surface area contributed by atoms with E-state index in [0.717, 1.165) is 31.5 Å². The van der Waals surface area contributed by atoms with Gasteiger partial charge in [-0.2, -0.15) is 4.98 Å². The Morgan fingerprint density at radius 1 is 1.06 bits per heavy atom. The fourth-order valence-electron chi connectivity index (χ4n) is 5.34. The molecule has 0 radical (unpaired) electrons. The Balaban J connectivity index is 1.78. The molecule has 1 saturated heterocycles. The van der Waals surface area contributed by atoms with E-state index >= 15 is 0 Å².